The van der Waals surface area contributed by atoms with Crippen LogP contribution in [-0.2, 0) is 25.7 Å². The van der Waals surface area contributed by atoms with Crippen molar-refractivity contribution in [2.24, 2.45) is 0 Å². The normalized spacial score (nSPS) is 17.6. The minimum Gasteiger partial charge on any atom is -0.478 e. The minimum atomic E-state index is -0.953. The lowest BCUT2D eigenvalue weighted by Gasteiger charge is -2.35. The van der Waals surface area contributed by atoms with Gasteiger partial charge in [-0.05, 0) is 151 Å². The van der Waals surface area contributed by atoms with E-state index in [2.05, 4.69) is 62.5 Å². The molecule has 112 heavy (non-hydrogen) atoms. The van der Waals surface area contributed by atoms with Gasteiger partial charge in [0.05, 0.1) is 5.56 Å². The fraction of sp³-hybridized carbons (Fsp3) is 0.376. The molecule has 3 aliphatic carbocycles. The number of aromatic nitrogens is 6. The number of halogens is 4. The van der Waals surface area contributed by atoms with Gasteiger partial charge >= 0.3 is 18.2 Å². The highest BCUT2D eigenvalue weighted by Crippen LogP contribution is 2.60. The van der Waals surface area contributed by atoms with Crippen molar-refractivity contribution in [1.82, 2.24) is 60.1 Å². The summed E-state index contributed by atoms with van der Waals surface area (Å²) in [7, 11) is 0. The van der Waals surface area contributed by atoms with Gasteiger partial charge in [-0.3, -0.25) is 9.59 Å². The number of aromatic carboxylic acids is 1. The van der Waals surface area contributed by atoms with Gasteiger partial charge in [0.15, 0.2) is 0 Å². The Morgan fingerprint density at radius 1 is 0.393 bits per heavy atom. The second-order valence-electron chi connectivity index (χ2n) is 31.9. The van der Waals surface area contributed by atoms with Crippen molar-refractivity contribution in [3.05, 3.63) is 215 Å². The molecule has 27 heteroatoms. The Bertz CT molecular complexity index is 5000. The zero-order chi connectivity index (χ0) is 77.6. The molecule has 6 aromatic carbocycles. The maximum absolute atomic E-state index is 14.3. The molecule has 0 bridgehead atoms. The molecule has 3 saturated carbocycles. The van der Waals surface area contributed by atoms with Gasteiger partial charge in [0.25, 0.3) is 11.8 Å². The van der Waals surface area contributed by atoms with Crippen molar-refractivity contribution in [3.63, 3.8) is 0 Å². The summed E-state index contributed by atoms with van der Waals surface area (Å²) < 4.78 is 53.1. The summed E-state index contributed by atoms with van der Waals surface area (Å²) in [5.41, 5.74) is 10.7. The van der Waals surface area contributed by atoms with Gasteiger partial charge in [0.1, 0.15) is 28.7 Å². The summed E-state index contributed by atoms with van der Waals surface area (Å²) in [5.74, 6) is -0.235. The van der Waals surface area contributed by atoms with Crippen LogP contribution in [0.25, 0.3) is 33.4 Å². The predicted molar refractivity (Wildman–Crippen MR) is 423 cm³/mol. The molecule has 3 aromatic heterocycles. The molecule has 3 N–H and O–H groups in total. The monoisotopic (exact) mass is 1540 g/mol. The predicted octanol–water partition coefficient (Wildman–Crippen LogP) is 14.1. The van der Waals surface area contributed by atoms with E-state index in [9.17, 15) is 42.3 Å². The number of hydrogen-bond donors (Lipinski definition) is 3. The number of benzene rings is 6. The summed E-state index contributed by atoms with van der Waals surface area (Å²) in [6.45, 7) is 21.6. The lowest BCUT2D eigenvalue weighted by atomic mass is 9.97. The topological polar surface area (TPSA) is 248 Å². The molecule has 18 rings (SSSR count). The van der Waals surface area contributed by atoms with E-state index in [1.807, 2.05) is 81.7 Å². The van der Waals surface area contributed by atoms with Crippen LogP contribution in [0, 0.1) is 17.5 Å². The van der Waals surface area contributed by atoms with Crippen molar-refractivity contribution < 1.29 is 51.7 Å². The highest BCUT2D eigenvalue weighted by Gasteiger charge is 2.55. The van der Waals surface area contributed by atoms with E-state index in [4.69, 9.17) is 9.47 Å². The molecule has 6 fully saturated rings. The van der Waals surface area contributed by atoms with Gasteiger partial charge in [-0.15, -0.1) is 12.4 Å². The highest BCUT2D eigenvalue weighted by atomic mass is 35.5. The zero-order valence-electron chi connectivity index (χ0n) is 63.6. The van der Waals surface area contributed by atoms with Crippen LogP contribution in [0.5, 0.6) is 0 Å². The first-order valence-electron chi connectivity index (χ1n) is 38.0. The maximum atomic E-state index is 14.3. The van der Waals surface area contributed by atoms with Crippen LogP contribution < -0.4 is 25.3 Å². The number of amides is 4. The summed E-state index contributed by atoms with van der Waals surface area (Å²) in [5, 5.41) is 15.8. The number of carbonyl (C=O) groups is 5. The summed E-state index contributed by atoms with van der Waals surface area (Å²) in [4.78, 5) is 102. The summed E-state index contributed by atoms with van der Waals surface area (Å²) >= 11 is 0. The summed E-state index contributed by atoms with van der Waals surface area (Å²) in [6.07, 6.45) is 15.9. The lowest BCUT2D eigenvalue weighted by molar-refractivity contribution is 0.0140. The van der Waals surface area contributed by atoms with E-state index in [-0.39, 0.29) is 81.3 Å². The van der Waals surface area contributed by atoms with E-state index in [1.54, 1.807) is 119 Å². The zero-order valence-corrected chi connectivity index (χ0v) is 64.4. The van der Waals surface area contributed by atoms with E-state index in [0.717, 1.165) is 133 Å². The van der Waals surface area contributed by atoms with Crippen LogP contribution >= 0.6 is 12.4 Å². The molecule has 3 saturated heterocycles. The van der Waals surface area contributed by atoms with Crippen molar-refractivity contribution in [2.75, 3.05) is 113 Å². The third-order valence-electron chi connectivity index (χ3n) is 21.8. The number of piperazine rings is 3. The molecule has 3 spiro atoms. The van der Waals surface area contributed by atoms with Crippen LogP contribution in [0.2, 0.25) is 0 Å². The SMILES string of the molecule is CC(C)(C)OC(=O)N1CCN(C(=O)c2ccc3c(c2)N(c2ncc(-c4ccccc4F)cn2)CC32CC2)CC1.CC(C)(C)OC(=O)N1CCNCC1.Cl.O=C(O)c1ccc2c(c1)N(c1ncc(-c3ccccc3F)cn1)CC21CC1.O=C(c1ccc2c(c1)N(c1ncc(-c3ccccc3F)cn1)CC21CC1)N1CCNCC1. The third kappa shape index (κ3) is 16.6. The number of carbonyl (C=O) groups excluding carboxylic acids is 4. The lowest BCUT2D eigenvalue weighted by Crippen LogP contribution is -2.51. The van der Waals surface area contributed by atoms with E-state index < -0.39 is 11.6 Å². The van der Waals surface area contributed by atoms with E-state index >= 15 is 0 Å². The molecule has 0 unspecified atom stereocenters. The number of nitrogens with one attached hydrogen (secondary N) is 2. The molecule has 4 amide bonds. The van der Waals surface area contributed by atoms with Gasteiger partial charge in [0, 0.05) is 213 Å². The quantitative estimate of drug-likeness (QED) is 0.121. The van der Waals surface area contributed by atoms with Gasteiger partial charge < -0.3 is 59.5 Å². The van der Waals surface area contributed by atoms with Crippen LogP contribution in [0.4, 0.5) is 57.7 Å². The Hall–Kier alpha value is -11.1. The van der Waals surface area contributed by atoms with Crippen molar-refractivity contribution in [1.29, 1.82) is 0 Å². The number of rotatable bonds is 9. The molecule has 582 valence electrons. The number of fused-ring (bicyclic) bond motifs is 6. The van der Waals surface area contributed by atoms with Gasteiger partial charge in [-0.1, -0.05) is 72.8 Å². The number of anilines is 6. The Balaban J connectivity index is 0.000000130. The average Bonchev–Trinajstić information content (AvgIpc) is 1.57. The highest BCUT2D eigenvalue weighted by molar-refractivity contribution is 5.97. The Labute approximate surface area is 655 Å². The Morgan fingerprint density at radius 2 is 0.670 bits per heavy atom. The van der Waals surface area contributed by atoms with Crippen molar-refractivity contribution in [3.8, 4) is 33.4 Å². The number of hydrogen-bond acceptors (Lipinski definition) is 18. The number of carboxylic acids is 1. The Kier molecular flexibility index (Phi) is 21.9. The standard InChI is InChI=1S/C30H32FN5O3.C25H24FN5O.C21H16FN3O2.C9H18N2O2.ClH/c1-29(2,3)39-28(38)35-14-12-34(13-15-35)26(37)20-8-9-23-25(16-20)36(19-30(23)10-11-30)27-32-17-21(18-33-27)22-6-4-5-7-24(22)31;26-21-4-2-1-3-19(21)18-14-28-24(29-15-18)31-16-25(7-8-25)20-6-5-17(13-22(20)31)23(32)30-11-9-27-10-12-30;22-17-4-2-1-3-15(17)14-10-23-20(24-11-14)25-12-21(7-8-21)16-6-5-13(19(26)27)9-18(16)25;1-9(2,3)13-8(12)11-6-4-10-5-7-11;/h4-9,16-18H,10-15,19H2,1-3H3;1-6,13-15,27H,7-12,16H2;1-6,9-11H,7-8,12H2,(H,26,27);10H,4-7H2,1-3H3;1H. The average molecular weight is 1540 g/mol. The number of ether oxygens (including phenoxy) is 2. The van der Waals surface area contributed by atoms with Crippen LogP contribution in [0.3, 0.4) is 0 Å². The van der Waals surface area contributed by atoms with E-state index in [0.29, 0.717) is 88.5 Å². The molecular formula is C85H91ClF3N15O8. The van der Waals surface area contributed by atoms with Crippen LogP contribution in [0.1, 0.15) is 128 Å². The molecule has 0 atom stereocenters. The molecular weight excluding hydrogens is 1450 g/mol. The third-order valence-corrected chi connectivity index (χ3v) is 21.8. The molecule has 6 aliphatic heterocycles. The molecule has 9 aromatic rings. The van der Waals surface area contributed by atoms with Gasteiger partial charge in [-0.25, -0.2) is 57.5 Å². The largest absolute Gasteiger partial charge is 0.478 e. The van der Waals surface area contributed by atoms with Crippen molar-refractivity contribution >= 4 is 77.3 Å². The molecule has 0 radical (unpaired) electrons. The fourth-order valence-electron chi connectivity index (χ4n) is 15.4. The first-order valence-corrected chi connectivity index (χ1v) is 38.0. The second-order valence-corrected chi connectivity index (χ2v) is 31.9. The molecule has 23 nitrogen and oxygen atoms in total. The van der Waals surface area contributed by atoms with Gasteiger partial charge in [0.2, 0.25) is 17.8 Å². The number of nitrogens with zero attached hydrogens (tertiary/aromatic N) is 13. The number of carboxylic acid groups (broad SMARTS) is 1. The van der Waals surface area contributed by atoms with Crippen LogP contribution in [0.15, 0.2) is 165 Å². The Morgan fingerprint density at radius 3 is 0.973 bits per heavy atom. The van der Waals surface area contributed by atoms with Crippen molar-refractivity contribution in [2.45, 2.75) is 108 Å². The van der Waals surface area contributed by atoms with E-state index in [1.165, 1.54) is 29.3 Å². The smallest absolute Gasteiger partial charge is 0.410 e. The van der Waals surface area contributed by atoms with Crippen LogP contribution in [-0.4, -0.2) is 194 Å². The second kappa shape index (κ2) is 31.6. The maximum Gasteiger partial charge on any atom is 0.410 e. The summed E-state index contributed by atoms with van der Waals surface area (Å²) in [6, 6.07) is 37.0. The first kappa shape index (κ1) is 77.6. The molecule has 9 aliphatic rings. The first-order chi connectivity index (χ1) is 53.3. The minimum absolute atomic E-state index is 0. The fourth-order valence-corrected chi connectivity index (χ4v) is 15.4. The van der Waals surface area contributed by atoms with Gasteiger partial charge in [-0.2, -0.15) is 0 Å². The molecule has 9 heterocycles.